The molecule has 2 aromatic rings. The Morgan fingerprint density at radius 3 is 2.70 bits per heavy atom. The van der Waals surface area contributed by atoms with Gasteiger partial charge in [0, 0.05) is 16.2 Å². The second kappa shape index (κ2) is 6.09. The molecule has 0 bridgehead atoms. The third kappa shape index (κ3) is 3.39. The second-order valence-corrected chi connectivity index (χ2v) is 5.14. The highest BCUT2D eigenvalue weighted by atomic mass is 79.9. The second-order valence-electron chi connectivity index (χ2n) is 4.22. The Kier molecular flexibility index (Phi) is 4.44. The van der Waals surface area contributed by atoms with Gasteiger partial charge in [0.15, 0.2) is 0 Å². The van der Waals surface area contributed by atoms with Crippen molar-refractivity contribution in [2.75, 3.05) is 0 Å². The van der Waals surface area contributed by atoms with Gasteiger partial charge in [-0.05, 0) is 53.2 Å². The molecule has 0 aliphatic heterocycles. The van der Waals surface area contributed by atoms with E-state index in [1.807, 2.05) is 0 Å². The smallest absolute Gasteiger partial charge is 0.270 e. The Hall–Kier alpha value is -1.82. The lowest BCUT2D eigenvalue weighted by molar-refractivity contribution is 0.0934. The van der Waals surface area contributed by atoms with E-state index < -0.39 is 23.6 Å². The number of benzene rings is 1. The van der Waals surface area contributed by atoms with Crippen molar-refractivity contribution in [2.45, 2.75) is 13.0 Å². The minimum Gasteiger partial charge on any atom is -0.344 e. The van der Waals surface area contributed by atoms with Crippen molar-refractivity contribution in [3.05, 3.63) is 63.9 Å². The molecule has 0 aliphatic rings. The molecule has 1 aromatic carbocycles. The lowest BCUT2D eigenvalue weighted by Crippen LogP contribution is -2.28. The number of halogens is 3. The van der Waals surface area contributed by atoms with Crippen molar-refractivity contribution < 1.29 is 13.6 Å². The highest BCUT2D eigenvalue weighted by Crippen LogP contribution is 2.18. The first-order chi connectivity index (χ1) is 9.47. The zero-order chi connectivity index (χ0) is 14.7. The van der Waals surface area contributed by atoms with Crippen LogP contribution in [0.5, 0.6) is 0 Å². The first-order valence-electron chi connectivity index (χ1n) is 5.84. The van der Waals surface area contributed by atoms with Gasteiger partial charge < -0.3 is 5.32 Å². The van der Waals surface area contributed by atoms with Crippen LogP contribution in [0.3, 0.4) is 0 Å². The van der Waals surface area contributed by atoms with Crippen LogP contribution in [0.25, 0.3) is 0 Å². The first kappa shape index (κ1) is 14.6. The third-order valence-corrected chi connectivity index (χ3v) is 3.20. The molecular formula is C14H11BrF2N2O. The van der Waals surface area contributed by atoms with Gasteiger partial charge in [0.2, 0.25) is 0 Å². The van der Waals surface area contributed by atoms with Crippen molar-refractivity contribution in [3.63, 3.8) is 0 Å². The summed E-state index contributed by atoms with van der Waals surface area (Å²) in [6, 6.07) is 5.68. The first-order valence-corrected chi connectivity index (χ1v) is 6.64. The van der Waals surface area contributed by atoms with Crippen LogP contribution in [0.15, 0.2) is 41.0 Å². The molecule has 1 atom stereocenters. The van der Waals surface area contributed by atoms with Gasteiger partial charge in [-0.2, -0.15) is 0 Å². The van der Waals surface area contributed by atoms with Gasteiger partial charge in [-0.1, -0.05) is 0 Å². The summed E-state index contributed by atoms with van der Waals surface area (Å²) in [5.41, 5.74) is 0.298. The number of carbonyl (C=O) groups excluding carboxylic acids is 1. The normalized spacial score (nSPS) is 12.0. The van der Waals surface area contributed by atoms with E-state index in [-0.39, 0.29) is 11.3 Å². The lowest BCUT2D eigenvalue weighted by Gasteiger charge is -2.15. The third-order valence-electron chi connectivity index (χ3n) is 2.73. The van der Waals surface area contributed by atoms with Crippen LogP contribution in [-0.4, -0.2) is 10.9 Å². The van der Waals surface area contributed by atoms with E-state index in [1.54, 1.807) is 13.0 Å². The summed E-state index contributed by atoms with van der Waals surface area (Å²) in [6.07, 6.45) is 1.49. The number of rotatable bonds is 3. The zero-order valence-corrected chi connectivity index (χ0v) is 12.1. The van der Waals surface area contributed by atoms with Crippen LogP contribution in [0, 0.1) is 11.6 Å². The van der Waals surface area contributed by atoms with E-state index in [9.17, 15) is 13.6 Å². The minimum absolute atomic E-state index is 0.0930. The fourth-order valence-electron chi connectivity index (χ4n) is 1.70. The summed E-state index contributed by atoms with van der Waals surface area (Å²) in [5, 5.41) is 2.58. The van der Waals surface area contributed by atoms with Crippen molar-refractivity contribution >= 4 is 21.8 Å². The lowest BCUT2D eigenvalue weighted by atomic mass is 10.1. The SMILES string of the molecule is CC(NC(=O)c1ccc(Br)cn1)c1cc(F)ccc1F. The summed E-state index contributed by atoms with van der Waals surface area (Å²) < 4.78 is 27.4. The zero-order valence-electron chi connectivity index (χ0n) is 10.5. The molecule has 1 amide bonds. The van der Waals surface area contributed by atoms with Gasteiger partial charge >= 0.3 is 0 Å². The maximum absolute atomic E-state index is 13.6. The van der Waals surface area contributed by atoms with Crippen molar-refractivity contribution in [3.8, 4) is 0 Å². The Morgan fingerprint density at radius 2 is 2.05 bits per heavy atom. The van der Waals surface area contributed by atoms with E-state index in [1.165, 1.54) is 12.3 Å². The van der Waals surface area contributed by atoms with E-state index >= 15 is 0 Å². The summed E-state index contributed by atoms with van der Waals surface area (Å²) in [7, 11) is 0. The van der Waals surface area contributed by atoms with Crippen molar-refractivity contribution in [2.24, 2.45) is 0 Å². The van der Waals surface area contributed by atoms with Crippen LogP contribution in [0.2, 0.25) is 0 Å². The molecule has 0 radical (unpaired) electrons. The molecule has 3 nitrogen and oxygen atoms in total. The van der Waals surface area contributed by atoms with Gasteiger partial charge in [-0.3, -0.25) is 4.79 Å². The summed E-state index contributed by atoms with van der Waals surface area (Å²) in [4.78, 5) is 15.9. The fourth-order valence-corrected chi connectivity index (χ4v) is 1.94. The number of nitrogens with zero attached hydrogens (tertiary/aromatic N) is 1. The van der Waals surface area contributed by atoms with E-state index in [0.29, 0.717) is 0 Å². The quantitative estimate of drug-likeness (QED) is 0.927. The number of carbonyl (C=O) groups is 1. The molecule has 1 unspecified atom stereocenters. The molecule has 1 N–H and O–H groups in total. The molecule has 20 heavy (non-hydrogen) atoms. The number of aromatic nitrogens is 1. The number of hydrogen-bond acceptors (Lipinski definition) is 2. The molecule has 1 heterocycles. The van der Waals surface area contributed by atoms with Gasteiger partial charge in [0.25, 0.3) is 5.91 Å². The molecule has 0 fully saturated rings. The summed E-state index contributed by atoms with van der Waals surface area (Å²) in [6.45, 7) is 1.58. The molecule has 104 valence electrons. The van der Waals surface area contributed by atoms with Gasteiger partial charge in [-0.15, -0.1) is 0 Å². The summed E-state index contributed by atoms with van der Waals surface area (Å²) >= 11 is 3.21. The number of nitrogens with one attached hydrogen (secondary N) is 1. The van der Waals surface area contributed by atoms with Crippen molar-refractivity contribution in [1.29, 1.82) is 0 Å². The fraction of sp³-hybridized carbons (Fsp3) is 0.143. The van der Waals surface area contributed by atoms with Crippen LogP contribution >= 0.6 is 15.9 Å². The van der Waals surface area contributed by atoms with E-state index in [0.717, 1.165) is 22.7 Å². The average Bonchev–Trinajstić information content (AvgIpc) is 2.42. The maximum atomic E-state index is 13.6. The van der Waals surface area contributed by atoms with Crippen LogP contribution in [0.1, 0.15) is 29.0 Å². The van der Waals surface area contributed by atoms with Crippen LogP contribution in [-0.2, 0) is 0 Å². The average molecular weight is 341 g/mol. The molecular weight excluding hydrogens is 330 g/mol. The Labute approximate surface area is 123 Å². The van der Waals surface area contributed by atoms with Gasteiger partial charge in [0.1, 0.15) is 17.3 Å². The Balaban J connectivity index is 2.15. The maximum Gasteiger partial charge on any atom is 0.270 e. The molecule has 0 saturated carbocycles. The largest absolute Gasteiger partial charge is 0.344 e. The van der Waals surface area contributed by atoms with E-state index in [2.05, 4.69) is 26.2 Å². The van der Waals surface area contributed by atoms with Crippen molar-refractivity contribution in [1.82, 2.24) is 10.3 Å². The number of hydrogen-bond donors (Lipinski definition) is 1. The monoisotopic (exact) mass is 340 g/mol. The predicted octanol–water partition coefficient (Wildman–Crippen LogP) is 3.61. The van der Waals surface area contributed by atoms with Crippen LogP contribution in [0.4, 0.5) is 8.78 Å². The number of amides is 1. The standard InChI is InChI=1S/C14H11BrF2N2O/c1-8(11-6-10(16)3-4-12(11)17)19-14(20)13-5-2-9(15)7-18-13/h2-8H,1H3,(H,19,20). The molecule has 1 aromatic heterocycles. The molecule has 0 aliphatic carbocycles. The molecule has 0 saturated heterocycles. The Morgan fingerprint density at radius 1 is 1.30 bits per heavy atom. The molecule has 0 spiro atoms. The molecule has 2 rings (SSSR count). The predicted molar refractivity (Wildman–Crippen MR) is 74.2 cm³/mol. The topological polar surface area (TPSA) is 42.0 Å². The van der Waals surface area contributed by atoms with Gasteiger partial charge in [-0.25, -0.2) is 13.8 Å². The van der Waals surface area contributed by atoms with E-state index in [4.69, 9.17) is 0 Å². The highest BCUT2D eigenvalue weighted by Gasteiger charge is 2.16. The summed E-state index contributed by atoms with van der Waals surface area (Å²) in [5.74, 6) is -1.57. The minimum atomic E-state index is -0.663. The molecule has 6 heteroatoms. The number of pyridine rings is 1. The Bertz CT molecular complexity index is 632. The highest BCUT2D eigenvalue weighted by molar-refractivity contribution is 9.10. The van der Waals surface area contributed by atoms with Gasteiger partial charge in [0.05, 0.1) is 6.04 Å². The van der Waals surface area contributed by atoms with Crippen LogP contribution < -0.4 is 5.32 Å².